The Hall–Kier alpha value is -1.02. The van der Waals surface area contributed by atoms with E-state index in [-0.39, 0.29) is 17.2 Å². The second-order valence-corrected chi connectivity index (χ2v) is 4.66. The van der Waals surface area contributed by atoms with Crippen LogP contribution >= 0.6 is 11.6 Å². The largest absolute Gasteiger partial charge is 0.326 e. The van der Waals surface area contributed by atoms with E-state index in [0.29, 0.717) is 0 Å². The molecule has 0 fully saturated rings. The van der Waals surface area contributed by atoms with Crippen LogP contribution in [0.4, 0.5) is 5.69 Å². The summed E-state index contributed by atoms with van der Waals surface area (Å²) in [7, 11) is 0. The van der Waals surface area contributed by atoms with Crippen molar-refractivity contribution < 1.29 is 4.79 Å². The fourth-order valence-corrected chi connectivity index (χ4v) is 1.59. The summed E-state index contributed by atoms with van der Waals surface area (Å²) in [4.78, 5) is 11.8. The number of alkyl halides is 1. The van der Waals surface area contributed by atoms with E-state index in [1.807, 2.05) is 45.0 Å². The molecule has 2 atom stereocenters. The molecule has 0 aliphatic carbocycles. The molecule has 0 aliphatic heterocycles. The van der Waals surface area contributed by atoms with Crippen molar-refractivity contribution >= 4 is 23.2 Å². The van der Waals surface area contributed by atoms with E-state index in [4.69, 9.17) is 11.6 Å². The van der Waals surface area contributed by atoms with E-state index < -0.39 is 0 Å². The molecule has 1 rings (SSSR count). The van der Waals surface area contributed by atoms with Gasteiger partial charge in [0, 0.05) is 11.6 Å². The molecule has 1 aromatic carbocycles. The lowest BCUT2D eigenvalue weighted by Gasteiger charge is -2.14. The van der Waals surface area contributed by atoms with Crippen molar-refractivity contribution in [3.8, 4) is 0 Å². The molecular weight excluding hydrogens is 222 g/mol. The van der Waals surface area contributed by atoms with Crippen LogP contribution in [0.1, 0.15) is 38.1 Å². The smallest absolute Gasteiger partial charge is 0.227 e. The van der Waals surface area contributed by atoms with Crippen molar-refractivity contribution in [3.63, 3.8) is 0 Å². The third kappa shape index (κ3) is 3.24. The molecule has 3 heteroatoms. The number of hydrogen-bond donors (Lipinski definition) is 1. The van der Waals surface area contributed by atoms with Crippen LogP contribution in [-0.4, -0.2) is 5.91 Å². The van der Waals surface area contributed by atoms with Gasteiger partial charge in [-0.3, -0.25) is 4.79 Å². The van der Waals surface area contributed by atoms with Gasteiger partial charge in [0.1, 0.15) is 0 Å². The fourth-order valence-electron chi connectivity index (χ4n) is 1.40. The Morgan fingerprint density at radius 3 is 2.56 bits per heavy atom. The highest BCUT2D eigenvalue weighted by molar-refractivity contribution is 6.21. The van der Waals surface area contributed by atoms with Gasteiger partial charge < -0.3 is 5.32 Å². The zero-order valence-corrected chi connectivity index (χ0v) is 10.7. The van der Waals surface area contributed by atoms with Crippen molar-refractivity contribution in [3.05, 3.63) is 29.8 Å². The van der Waals surface area contributed by atoms with E-state index in [9.17, 15) is 4.79 Å². The number of carbonyl (C=O) groups is 1. The van der Waals surface area contributed by atoms with Gasteiger partial charge in [-0.2, -0.15) is 0 Å². The number of hydrogen-bond acceptors (Lipinski definition) is 1. The fraction of sp³-hybridized carbons (Fsp3) is 0.462. The molecular formula is C13H18ClNO. The molecule has 1 amide bonds. The molecule has 0 aliphatic rings. The van der Waals surface area contributed by atoms with Crippen LogP contribution in [-0.2, 0) is 4.79 Å². The Morgan fingerprint density at radius 1 is 1.38 bits per heavy atom. The van der Waals surface area contributed by atoms with Gasteiger partial charge in [-0.25, -0.2) is 0 Å². The summed E-state index contributed by atoms with van der Waals surface area (Å²) in [5.74, 6) is 0.0750. The summed E-state index contributed by atoms with van der Waals surface area (Å²) in [5, 5.41) is 2.82. The molecule has 1 aromatic rings. The summed E-state index contributed by atoms with van der Waals surface area (Å²) in [6.07, 6.45) is 0.838. The molecule has 1 N–H and O–H groups in total. The summed E-state index contributed by atoms with van der Waals surface area (Å²) in [6.45, 7) is 5.82. The lowest BCUT2D eigenvalue weighted by atomic mass is 10.1. The first kappa shape index (κ1) is 13.0. The monoisotopic (exact) mass is 239 g/mol. The minimum atomic E-state index is -0.103. The van der Waals surface area contributed by atoms with Crippen molar-refractivity contribution in [1.29, 1.82) is 0 Å². The molecule has 0 saturated carbocycles. The number of carbonyl (C=O) groups excluding carboxylic acids is 1. The van der Waals surface area contributed by atoms with Crippen molar-refractivity contribution in [2.24, 2.45) is 5.92 Å². The predicted molar refractivity (Wildman–Crippen MR) is 68.8 cm³/mol. The minimum Gasteiger partial charge on any atom is -0.326 e. The normalized spacial score (nSPS) is 14.2. The zero-order valence-electron chi connectivity index (χ0n) is 9.96. The maximum absolute atomic E-state index is 11.8. The SMILES string of the molecule is CCC(C)C(=O)Nc1ccccc1C(C)Cl. The first-order chi connectivity index (χ1) is 7.56. The predicted octanol–water partition coefficient (Wildman–Crippen LogP) is 3.97. The first-order valence-electron chi connectivity index (χ1n) is 5.60. The molecule has 0 heterocycles. The Bertz CT molecular complexity index is 363. The Kier molecular flexibility index (Phi) is 4.81. The molecule has 0 bridgehead atoms. The van der Waals surface area contributed by atoms with Gasteiger partial charge >= 0.3 is 0 Å². The highest BCUT2D eigenvalue weighted by atomic mass is 35.5. The molecule has 0 saturated heterocycles. The number of rotatable bonds is 4. The number of amides is 1. The van der Waals surface area contributed by atoms with Crippen LogP contribution in [0, 0.1) is 5.92 Å². The van der Waals surface area contributed by atoms with Gasteiger partial charge in [0.05, 0.1) is 5.38 Å². The number of benzene rings is 1. The molecule has 16 heavy (non-hydrogen) atoms. The van der Waals surface area contributed by atoms with Gasteiger partial charge in [0.25, 0.3) is 0 Å². The minimum absolute atomic E-state index is 0.0266. The molecule has 2 nitrogen and oxygen atoms in total. The first-order valence-corrected chi connectivity index (χ1v) is 6.03. The average Bonchev–Trinajstić information content (AvgIpc) is 2.28. The summed E-state index contributed by atoms with van der Waals surface area (Å²) in [5.41, 5.74) is 1.77. The third-order valence-electron chi connectivity index (χ3n) is 2.71. The van der Waals surface area contributed by atoms with Crippen LogP contribution in [0.25, 0.3) is 0 Å². The number of nitrogens with one attached hydrogen (secondary N) is 1. The van der Waals surface area contributed by atoms with Crippen LogP contribution in [0.5, 0.6) is 0 Å². The molecule has 0 radical (unpaired) electrons. The van der Waals surface area contributed by atoms with E-state index >= 15 is 0 Å². The van der Waals surface area contributed by atoms with Crippen molar-refractivity contribution in [2.45, 2.75) is 32.6 Å². The van der Waals surface area contributed by atoms with Gasteiger partial charge in [-0.15, -0.1) is 11.6 Å². The lowest BCUT2D eigenvalue weighted by molar-refractivity contribution is -0.119. The van der Waals surface area contributed by atoms with Gasteiger partial charge in [-0.1, -0.05) is 32.0 Å². The Labute approximate surface area is 102 Å². The van der Waals surface area contributed by atoms with Crippen LogP contribution in [0.15, 0.2) is 24.3 Å². The van der Waals surface area contributed by atoms with Crippen molar-refractivity contribution in [2.75, 3.05) is 5.32 Å². The van der Waals surface area contributed by atoms with Gasteiger partial charge in [0.2, 0.25) is 5.91 Å². The molecule has 2 unspecified atom stereocenters. The second-order valence-electron chi connectivity index (χ2n) is 4.00. The maximum atomic E-state index is 11.8. The Balaban J connectivity index is 2.84. The van der Waals surface area contributed by atoms with Crippen LogP contribution < -0.4 is 5.32 Å². The second kappa shape index (κ2) is 5.90. The quantitative estimate of drug-likeness (QED) is 0.792. The number of anilines is 1. The van der Waals surface area contributed by atoms with Gasteiger partial charge in [-0.05, 0) is 25.0 Å². The summed E-state index contributed by atoms with van der Waals surface area (Å²) < 4.78 is 0. The molecule has 0 aromatic heterocycles. The van der Waals surface area contributed by atoms with Crippen LogP contribution in [0.2, 0.25) is 0 Å². The average molecular weight is 240 g/mol. The third-order valence-corrected chi connectivity index (χ3v) is 2.94. The van der Waals surface area contributed by atoms with E-state index in [2.05, 4.69) is 5.32 Å². The van der Waals surface area contributed by atoms with Crippen LogP contribution in [0.3, 0.4) is 0 Å². The molecule has 0 spiro atoms. The van der Waals surface area contributed by atoms with E-state index in [1.165, 1.54) is 0 Å². The Morgan fingerprint density at radius 2 is 2.00 bits per heavy atom. The van der Waals surface area contributed by atoms with E-state index in [0.717, 1.165) is 17.7 Å². The molecule has 88 valence electrons. The van der Waals surface area contributed by atoms with Gasteiger partial charge in [0.15, 0.2) is 0 Å². The maximum Gasteiger partial charge on any atom is 0.227 e. The number of para-hydroxylation sites is 1. The highest BCUT2D eigenvalue weighted by Gasteiger charge is 2.13. The lowest BCUT2D eigenvalue weighted by Crippen LogP contribution is -2.20. The van der Waals surface area contributed by atoms with Crippen molar-refractivity contribution in [1.82, 2.24) is 0 Å². The topological polar surface area (TPSA) is 29.1 Å². The zero-order chi connectivity index (χ0) is 12.1. The summed E-state index contributed by atoms with van der Waals surface area (Å²) >= 11 is 6.05. The standard InChI is InChI=1S/C13H18ClNO/c1-4-9(2)13(16)15-12-8-6-5-7-11(12)10(3)14/h5-10H,4H2,1-3H3,(H,15,16). The number of halogens is 1. The highest BCUT2D eigenvalue weighted by Crippen LogP contribution is 2.27. The van der Waals surface area contributed by atoms with E-state index in [1.54, 1.807) is 0 Å². The summed E-state index contributed by atoms with van der Waals surface area (Å²) in [6, 6.07) is 7.64.